The number of rotatable bonds is 4. The van der Waals surface area contributed by atoms with E-state index in [0.29, 0.717) is 0 Å². The van der Waals surface area contributed by atoms with Crippen molar-refractivity contribution >= 4 is 29.7 Å². The maximum Gasteiger partial charge on any atom is 0.322 e. The number of hydrogen-bond acceptors (Lipinski definition) is 5. The van der Waals surface area contributed by atoms with E-state index in [4.69, 9.17) is 4.74 Å². The highest BCUT2D eigenvalue weighted by molar-refractivity contribution is 8.00. The lowest BCUT2D eigenvalue weighted by Crippen LogP contribution is -2.56. The number of hydrogen-bond donors (Lipinski definition) is 3. The number of thioether (sulfide) groups is 1. The molecule has 0 saturated carbocycles. The number of piperidine rings is 1. The van der Waals surface area contributed by atoms with Crippen molar-refractivity contribution in [3.8, 4) is 0 Å². The van der Waals surface area contributed by atoms with Gasteiger partial charge < -0.3 is 20.3 Å². The quantitative estimate of drug-likeness (QED) is 0.369. The number of likely N-dealkylation sites (tertiary alicyclic amines) is 1. The van der Waals surface area contributed by atoms with Crippen molar-refractivity contribution in [2.45, 2.75) is 42.9 Å². The van der Waals surface area contributed by atoms with Gasteiger partial charge in [0.25, 0.3) is 5.91 Å². The van der Waals surface area contributed by atoms with Crippen LogP contribution in [-0.2, 0) is 9.53 Å². The smallest absolute Gasteiger partial charge is 0.322 e. The van der Waals surface area contributed by atoms with E-state index in [1.54, 1.807) is 0 Å². The molecule has 9 heteroatoms. The Morgan fingerprint density at radius 1 is 1.33 bits per heavy atom. The molecule has 0 bridgehead atoms. The Bertz CT molecular complexity index is 600. The molecule has 1 unspecified atom stereocenters. The maximum atomic E-state index is 12.2. The topological polar surface area (TPSA) is 95.1 Å². The highest BCUT2D eigenvalue weighted by Gasteiger charge is 2.48. The van der Waals surface area contributed by atoms with Crippen LogP contribution in [0.25, 0.3) is 0 Å². The van der Waals surface area contributed by atoms with E-state index in [0.717, 1.165) is 64.5 Å². The minimum atomic E-state index is -0.800. The largest absolute Gasteiger partial charge is 0.381 e. The summed E-state index contributed by atoms with van der Waals surface area (Å²) in [6.45, 7) is 5.98. The average molecular weight is 398 g/mol. The van der Waals surface area contributed by atoms with Crippen LogP contribution in [0.15, 0.2) is 4.99 Å². The van der Waals surface area contributed by atoms with Crippen molar-refractivity contribution in [3.05, 3.63) is 0 Å². The van der Waals surface area contributed by atoms with Crippen LogP contribution in [0.2, 0.25) is 0 Å². The number of aliphatic imine (C=N–C) groups is 1. The third-order valence-electron chi connectivity index (χ3n) is 6.30. The molecule has 27 heavy (non-hydrogen) atoms. The summed E-state index contributed by atoms with van der Waals surface area (Å²) >= 11 is 1.91. The predicted molar refractivity (Wildman–Crippen MR) is 107 cm³/mol. The summed E-state index contributed by atoms with van der Waals surface area (Å²) in [4.78, 5) is 30.4. The SMILES string of the molecule is CN=C(NCC1(SC)CCOCC1)N1CCC(C2(C)NC(=O)NC2=O)CC1. The van der Waals surface area contributed by atoms with Crippen LogP contribution in [0.1, 0.15) is 32.6 Å². The molecule has 3 rings (SSSR count). The number of carbonyl (C=O) groups is 2. The molecule has 0 aromatic rings. The van der Waals surface area contributed by atoms with E-state index >= 15 is 0 Å². The van der Waals surface area contributed by atoms with Crippen LogP contribution >= 0.6 is 11.8 Å². The summed E-state index contributed by atoms with van der Waals surface area (Å²) < 4.78 is 5.72. The van der Waals surface area contributed by atoms with Crippen LogP contribution in [0.3, 0.4) is 0 Å². The minimum absolute atomic E-state index is 0.131. The van der Waals surface area contributed by atoms with Gasteiger partial charge in [-0.3, -0.25) is 15.1 Å². The standard InChI is InChI=1S/C18H31N5O3S/c1-17(14(24)21-16(25)22-17)13-4-8-23(9-5-13)15(19-2)20-12-18(27-3)6-10-26-11-7-18/h13H,4-12H2,1-3H3,(H,19,20)(H2,21,22,24,25). The molecule has 1 atom stereocenters. The maximum absolute atomic E-state index is 12.2. The lowest BCUT2D eigenvalue weighted by Gasteiger charge is -2.41. The Morgan fingerprint density at radius 2 is 2.00 bits per heavy atom. The van der Waals surface area contributed by atoms with Crippen molar-refractivity contribution in [1.29, 1.82) is 0 Å². The molecule has 3 aliphatic rings. The summed E-state index contributed by atoms with van der Waals surface area (Å²) in [5.74, 6) is 0.833. The monoisotopic (exact) mass is 397 g/mol. The van der Waals surface area contributed by atoms with Gasteiger partial charge in [0.15, 0.2) is 5.96 Å². The molecule has 0 spiro atoms. The second-order valence-corrected chi connectivity index (χ2v) is 9.05. The van der Waals surface area contributed by atoms with Gasteiger partial charge in [-0.05, 0) is 44.8 Å². The van der Waals surface area contributed by atoms with Crippen molar-refractivity contribution in [2.24, 2.45) is 10.9 Å². The number of imide groups is 1. The predicted octanol–water partition coefficient (Wildman–Crippen LogP) is 0.784. The van der Waals surface area contributed by atoms with E-state index in [1.165, 1.54) is 0 Å². The molecule has 3 aliphatic heterocycles. The third-order valence-corrected chi connectivity index (χ3v) is 7.72. The molecule has 3 N–H and O–H groups in total. The van der Waals surface area contributed by atoms with Gasteiger partial charge in [-0.15, -0.1) is 0 Å². The van der Waals surface area contributed by atoms with Crippen LogP contribution in [0.5, 0.6) is 0 Å². The first-order chi connectivity index (χ1) is 12.9. The van der Waals surface area contributed by atoms with E-state index in [9.17, 15) is 9.59 Å². The van der Waals surface area contributed by atoms with E-state index in [1.807, 2.05) is 25.7 Å². The fourth-order valence-corrected chi connectivity index (χ4v) is 5.07. The molecule has 0 aliphatic carbocycles. The van der Waals surface area contributed by atoms with Gasteiger partial charge in [0.2, 0.25) is 0 Å². The minimum Gasteiger partial charge on any atom is -0.381 e. The number of nitrogens with one attached hydrogen (secondary N) is 3. The summed E-state index contributed by atoms with van der Waals surface area (Å²) in [7, 11) is 1.82. The summed E-state index contributed by atoms with van der Waals surface area (Å²) in [6.07, 6.45) is 5.95. The Kier molecular flexibility index (Phi) is 6.20. The van der Waals surface area contributed by atoms with Crippen LogP contribution < -0.4 is 16.0 Å². The van der Waals surface area contributed by atoms with Crippen molar-refractivity contribution in [3.63, 3.8) is 0 Å². The molecule has 3 saturated heterocycles. The van der Waals surface area contributed by atoms with Crippen LogP contribution in [-0.4, -0.2) is 79.2 Å². The molecular weight excluding hydrogens is 366 g/mol. The number of amides is 3. The number of carbonyl (C=O) groups excluding carboxylic acids is 2. The van der Waals surface area contributed by atoms with Crippen LogP contribution in [0, 0.1) is 5.92 Å². The Labute approximate surface area is 165 Å². The van der Waals surface area contributed by atoms with Gasteiger partial charge >= 0.3 is 6.03 Å². The fourth-order valence-electron chi connectivity index (χ4n) is 4.28. The van der Waals surface area contributed by atoms with Crippen molar-refractivity contribution < 1.29 is 14.3 Å². The van der Waals surface area contributed by atoms with E-state index in [-0.39, 0.29) is 22.6 Å². The number of guanidine groups is 1. The molecule has 0 radical (unpaired) electrons. The average Bonchev–Trinajstić information content (AvgIpc) is 2.96. The van der Waals surface area contributed by atoms with Crippen LogP contribution in [0.4, 0.5) is 4.79 Å². The Hall–Kier alpha value is -1.48. The molecule has 3 amide bonds. The lowest BCUT2D eigenvalue weighted by atomic mass is 9.79. The third kappa shape index (κ3) is 4.18. The molecule has 0 aromatic heterocycles. The molecule has 152 valence electrons. The number of nitrogens with zero attached hydrogens (tertiary/aromatic N) is 2. The molecule has 0 aromatic carbocycles. The number of ether oxygens (including phenoxy) is 1. The first kappa shape index (κ1) is 20.3. The molecule has 3 heterocycles. The second kappa shape index (κ2) is 8.26. The summed E-state index contributed by atoms with van der Waals surface area (Å²) in [5, 5.41) is 8.74. The van der Waals surface area contributed by atoms with Gasteiger partial charge in [0.05, 0.1) is 0 Å². The van der Waals surface area contributed by atoms with Crippen molar-refractivity contribution in [2.75, 3.05) is 46.2 Å². The highest BCUT2D eigenvalue weighted by Crippen LogP contribution is 2.33. The number of urea groups is 1. The summed E-state index contributed by atoms with van der Waals surface area (Å²) in [6, 6.07) is -0.388. The lowest BCUT2D eigenvalue weighted by molar-refractivity contribution is -0.125. The van der Waals surface area contributed by atoms with E-state index in [2.05, 4.69) is 32.1 Å². The zero-order chi connectivity index (χ0) is 19.5. The van der Waals surface area contributed by atoms with Gasteiger partial charge in [-0.2, -0.15) is 11.8 Å². The van der Waals surface area contributed by atoms with Crippen molar-refractivity contribution in [1.82, 2.24) is 20.9 Å². The molecular formula is C18H31N5O3S. The summed E-state index contributed by atoms with van der Waals surface area (Å²) in [5.41, 5.74) is -0.800. The molecule has 8 nitrogen and oxygen atoms in total. The van der Waals surface area contributed by atoms with Gasteiger partial charge in [0.1, 0.15) is 5.54 Å². The van der Waals surface area contributed by atoms with Gasteiger partial charge in [0, 0.05) is 44.6 Å². The first-order valence-electron chi connectivity index (χ1n) is 9.64. The van der Waals surface area contributed by atoms with E-state index < -0.39 is 5.54 Å². The van der Waals surface area contributed by atoms with Gasteiger partial charge in [-0.25, -0.2) is 4.79 Å². The first-order valence-corrected chi connectivity index (χ1v) is 10.9. The zero-order valence-corrected chi connectivity index (χ0v) is 17.3. The normalized spacial score (nSPS) is 29.4. The second-order valence-electron chi connectivity index (χ2n) is 7.77. The Morgan fingerprint density at radius 3 is 2.52 bits per heavy atom. The highest BCUT2D eigenvalue weighted by atomic mass is 32.2. The molecule has 3 fully saturated rings. The Balaban J connectivity index is 1.54. The zero-order valence-electron chi connectivity index (χ0n) is 16.5. The van der Waals surface area contributed by atoms with Gasteiger partial charge in [-0.1, -0.05) is 0 Å². The fraction of sp³-hybridized carbons (Fsp3) is 0.833.